The van der Waals surface area contributed by atoms with Gasteiger partial charge in [0.1, 0.15) is 0 Å². The van der Waals surface area contributed by atoms with Crippen molar-refractivity contribution >= 4 is 5.95 Å². The number of rotatable bonds is 6. The maximum Gasteiger partial charge on any atom is 0.266 e. The third-order valence-corrected chi connectivity index (χ3v) is 4.07. The van der Waals surface area contributed by atoms with Gasteiger partial charge in [-0.2, -0.15) is 4.98 Å². The predicted molar refractivity (Wildman–Crippen MR) is 77.4 cm³/mol. The maximum atomic E-state index is 5.43. The Morgan fingerprint density at radius 1 is 1.00 bits per heavy atom. The number of anilines is 1. The molecule has 0 radical (unpaired) electrons. The summed E-state index contributed by atoms with van der Waals surface area (Å²) >= 11 is 0. The van der Waals surface area contributed by atoms with E-state index in [1.807, 2.05) is 30.3 Å². The second kappa shape index (κ2) is 4.93. The first-order valence-electron chi connectivity index (χ1n) is 7.52. The molecule has 2 fully saturated rings. The predicted octanol–water partition coefficient (Wildman–Crippen LogP) is 3.36. The van der Waals surface area contributed by atoms with E-state index in [0.717, 1.165) is 36.4 Å². The van der Waals surface area contributed by atoms with Gasteiger partial charge in [0.25, 0.3) is 11.8 Å². The molecule has 0 spiro atoms. The minimum Gasteiger partial charge on any atom is -0.338 e. The molecule has 1 heterocycles. The van der Waals surface area contributed by atoms with Gasteiger partial charge in [-0.1, -0.05) is 18.2 Å². The normalized spacial score (nSPS) is 18.2. The average molecular weight is 269 g/mol. The molecule has 2 saturated carbocycles. The molecule has 4 rings (SSSR count). The summed E-state index contributed by atoms with van der Waals surface area (Å²) in [6.07, 6.45) is 5.41. The third-order valence-electron chi connectivity index (χ3n) is 4.07. The molecule has 0 N–H and O–H groups in total. The van der Waals surface area contributed by atoms with Gasteiger partial charge in [0, 0.05) is 18.7 Å². The fourth-order valence-electron chi connectivity index (χ4n) is 2.50. The molecule has 0 bridgehead atoms. The lowest BCUT2D eigenvalue weighted by Crippen LogP contribution is -2.29. The second-order valence-electron chi connectivity index (χ2n) is 6.06. The van der Waals surface area contributed by atoms with Gasteiger partial charge >= 0.3 is 0 Å². The number of hydrogen-bond acceptors (Lipinski definition) is 4. The topological polar surface area (TPSA) is 42.2 Å². The summed E-state index contributed by atoms with van der Waals surface area (Å²) in [6.45, 7) is 2.18. The van der Waals surface area contributed by atoms with Crippen LogP contribution in [0, 0.1) is 11.8 Å². The highest BCUT2D eigenvalue weighted by atomic mass is 16.5. The molecular formula is C16H19N3O. The third kappa shape index (κ3) is 2.69. The van der Waals surface area contributed by atoms with Crippen molar-refractivity contribution in [2.75, 3.05) is 18.0 Å². The van der Waals surface area contributed by atoms with Crippen LogP contribution in [0.1, 0.15) is 25.7 Å². The Hall–Kier alpha value is -1.84. The first kappa shape index (κ1) is 11.9. The van der Waals surface area contributed by atoms with Gasteiger partial charge in [0.2, 0.25) is 0 Å². The molecule has 0 atom stereocenters. The summed E-state index contributed by atoms with van der Waals surface area (Å²) in [5.41, 5.74) is 0.990. The Balaban J connectivity index is 1.54. The van der Waals surface area contributed by atoms with E-state index in [0.29, 0.717) is 5.89 Å². The van der Waals surface area contributed by atoms with E-state index in [-0.39, 0.29) is 0 Å². The first-order chi connectivity index (χ1) is 9.88. The second-order valence-corrected chi connectivity index (χ2v) is 6.06. The van der Waals surface area contributed by atoms with Crippen molar-refractivity contribution in [3.63, 3.8) is 0 Å². The molecule has 0 saturated heterocycles. The van der Waals surface area contributed by atoms with Crippen LogP contribution in [-0.2, 0) is 0 Å². The zero-order chi connectivity index (χ0) is 13.4. The average Bonchev–Trinajstić information content (AvgIpc) is 3.41. The van der Waals surface area contributed by atoms with Crippen LogP contribution in [0.3, 0.4) is 0 Å². The molecule has 20 heavy (non-hydrogen) atoms. The van der Waals surface area contributed by atoms with Crippen LogP contribution in [0.2, 0.25) is 0 Å². The minimum absolute atomic E-state index is 0.622. The summed E-state index contributed by atoms with van der Waals surface area (Å²) < 4.78 is 5.43. The van der Waals surface area contributed by atoms with E-state index >= 15 is 0 Å². The van der Waals surface area contributed by atoms with Crippen LogP contribution in [0.15, 0.2) is 34.9 Å². The molecule has 4 heteroatoms. The largest absolute Gasteiger partial charge is 0.338 e. The highest BCUT2D eigenvalue weighted by Gasteiger charge is 2.31. The summed E-state index contributed by atoms with van der Waals surface area (Å²) in [4.78, 5) is 6.92. The van der Waals surface area contributed by atoms with E-state index in [1.54, 1.807) is 0 Å². The van der Waals surface area contributed by atoms with Gasteiger partial charge in [0.05, 0.1) is 0 Å². The molecule has 104 valence electrons. The Kier molecular flexibility index (Phi) is 2.94. The zero-order valence-corrected chi connectivity index (χ0v) is 11.5. The summed E-state index contributed by atoms with van der Waals surface area (Å²) in [6, 6.07) is 9.98. The van der Waals surface area contributed by atoms with E-state index in [2.05, 4.69) is 15.0 Å². The van der Waals surface area contributed by atoms with Crippen LogP contribution in [0.25, 0.3) is 11.5 Å². The Morgan fingerprint density at radius 2 is 1.65 bits per heavy atom. The van der Waals surface area contributed by atoms with Crippen molar-refractivity contribution in [1.82, 2.24) is 10.1 Å². The van der Waals surface area contributed by atoms with Crippen LogP contribution >= 0.6 is 0 Å². The summed E-state index contributed by atoms with van der Waals surface area (Å²) in [5, 5.41) is 4.19. The zero-order valence-electron chi connectivity index (χ0n) is 11.5. The Morgan fingerprint density at radius 3 is 2.25 bits per heavy atom. The highest BCUT2D eigenvalue weighted by molar-refractivity contribution is 5.54. The van der Waals surface area contributed by atoms with E-state index in [1.165, 1.54) is 25.7 Å². The lowest BCUT2D eigenvalue weighted by molar-refractivity contribution is 0.428. The van der Waals surface area contributed by atoms with Gasteiger partial charge in [-0.15, -0.1) is 0 Å². The maximum absolute atomic E-state index is 5.43. The molecule has 4 nitrogen and oxygen atoms in total. The van der Waals surface area contributed by atoms with Gasteiger partial charge in [-0.05, 0) is 54.8 Å². The van der Waals surface area contributed by atoms with Crippen molar-refractivity contribution in [2.24, 2.45) is 11.8 Å². The quantitative estimate of drug-likeness (QED) is 0.806. The number of benzene rings is 1. The molecular weight excluding hydrogens is 250 g/mol. The molecule has 1 aromatic carbocycles. The van der Waals surface area contributed by atoms with Crippen molar-refractivity contribution < 1.29 is 4.52 Å². The summed E-state index contributed by atoms with van der Waals surface area (Å²) in [7, 11) is 0. The van der Waals surface area contributed by atoms with Gasteiger partial charge in [-0.3, -0.25) is 0 Å². The SMILES string of the molecule is c1ccc(-c2nc(N(CC3CC3)CC3CC3)no2)cc1. The minimum atomic E-state index is 0.622. The lowest BCUT2D eigenvalue weighted by atomic mass is 10.2. The van der Waals surface area contributed by atoms with Crippen molar-refractivity contribution in [3.8, 4) is 11.5 Å². The van der Waals surface area contributed by atoms with E-state index in [4.69, 9.17) is 4.52 Å². The molecule has 1 aromatic heterocycles. The Bertz CT molecular complexity index is 558. The molecule has 2 aliphatic rings. The van der Waals surface area contributed by atoms with Gasteiger partial charge in [-0.25, -0.2) is 0 Å². The Labute approximate surface area is 118 Å². The molecule has 0 unspecified atom stereocenters. The van der Waals surface area contributed by atoms with E-state index in [9.17, 15) is 0 Å². The monoisotopic (exact) mass is 269 g/mol. The lowest BCUT2D eigenvalue weighted by Gasteiger charge is -2.19. The smallest absolute Gasteiger partial charge is 0.266 e. The molecule has 0 aliphatic heterocycles. The number of hydrogen-bond donors (Lipinski definition) is 0. The summed E-state index contributed by atoms with van der Waals surface area (Å²) in [5.74, 6) is 3.07. The highest BCUT2D eigenvalue weighted by Crippen LogP contribution is 2.35. The van der Waals surface area contributed by atoms with Crippen molar-refractivity contribution in [3.05, 3.63) is 30.3 Å². The van der Waals surface area contributed by atoms with Crippen molar-refractivity contribution in [2.45, 2.75) is 25.7 Å². The number of nitrogens with zero attached hydrogens (tertiary/aromatic N) is 3. The van der Waals surface area contributed by atoms with Gasteiger partial charge < -0.3 is 9.42 Å². The van der Waals surface area contributed by atoms with Crippen LogP contribution < -0.4 is 4.90 Å². The van der Waals surface area contributed by atoms with Crippen LogP contribution in [0.4, 0.5) is 5.95 Å². The van der Waals surface area contributed by atoms with Crippen molar-refractivity contribution in [1.29, 1.82) is 0 Å². The molecule has 2 aliphatic carbocycles. The molecule has 0 amide bonds. The first-order valence-corrected chi connectivity index (χ1v) is 7.52. The van der Waals surface area contributed by atoms with Gasteiger partial charge in [0.15, 0.2) is 0 Å². The van der Waals surface area contributed by atoms with Crippen LogP contribution in [0.5, 0.6) is 0 Å². The fraction of sp³-hybridized carbons (Fsp3) is 0.500. The van der Waals surface area contributed by atoms with E-state index < -0.39 is 0 Å². The standard InChI is InChI=1S/C16H19N3O/c1-2-4-14(5-3-1)15-17-16(18-20-15)19(10-12-6-7-12)11-13-8-9-13/h1-5,12-13H,6-11H2. The number of aromatic nitrogens is 2. The molecule has 2 aromatic rings. The van der Waals surface area contributed by atoms with Crippen LogP contribution in [-0.4, -0.2) is 23.2 Å². The fourth-order valence-corrected chi connectivity index (χ4v) is 2.50.